The van der Waals surface area contributed by atoms with Gasteiger partial charge in [0.05, 0.1) is 19.3 Å². The molecule has 0 atom stereocenters. The van der Waals surface area contributed by atoms with E-state index in [1.807, 2.05) is 4.90 Å². The van der Waals surface area contributed by atoms with E-state index >= 15 is 0 Å². The lowest BCUT2D eigenvalue weighted by molar-refractivity contribution is -0.134. The molecule has 1 aromatic rings. The summed E-state index contributed by atoms with van der Waals surface area (Å²) in [4.78, 5) is 20.7. The molecule has 3 rings (SSSR count). The van der Waals surface area contributed by atoms with Crippen molar-refractivity contribution in [3.8, 4) is 0 Å². The van der Waals surface area contributed by atoms with Crippen molar-refractivity contribution in [1.82, 2.24) is 19.9 Å². The molecule has 1 amide bonds. The molecule has 0 N–H and O–H groups in total. The molecule has 2 saturated heterocycles. The summed E-state index contributed by atoms with van der Waals surface area (Å²) in [5.41, 5.74) is 0. The van der Waals surface area contributed by atoms with Gasteiger partial charge in [-0.15, -0.1) is 0 Å². The van der Waals surface area contributed by atoms with Gasteiger partial charge in [-0.3, -0.25) is 9.69 Å². The van der Waals surface area contributed by atoms with Crippen LogP contribution in [0.1, 0.15) is 31.0 Å². The summed E-state index contributed by atoms with van der Waals surface area (Å²) in [6.07, 6.45) is 2.46. The minimum Gasteiger partial charge on any atom is -0.379 e. The molecule has 0 aromatic carbocycles. The van der Waals surface area contributed by atoms with Crippen LogP contribution in [0.15, 0.2) is 4.52 Å². The summed E-state index contributed by atoms with van der Waals surface area (Å²) in [6, 6.07) is 0. The van der Waals surface area contributed by atoms with Gasteiger partial charge < -0.3 is 18.9 Å². The van der Waals surface area contributed by atoms with Crippen LogP contribution in [-0.4, -0.2) is 77.9 Å². The van der Waals surface area contributed by atoms with Crippen LogP contribution >= 0.6 is 0 Å². The second-order valence-electron chi connectivity index (χ2n) is 6.33. The minimum absolute atomic E-state index is 0.153. The topological polar surface area (TPSA) is 80.9 Å². The summed E-state index contributed by atoms with van der Waals surface area (Å²) in [5.74, 6) is 1.37. The first kappa shape index (κ1) is 17.3. The molecule has 0 aliphatic carbocycles. The van der Waals surface area contributed by atoms with E-state index < -0.39 is 0 Å². The van der Waals surface area contributed by atoms with Crippen LogP contribution < -0.4 is 0 Å². The SMILES string of the molecule is Cc1noc(COC2CCN(C(=O)CCN3CCOCC3)CC2)n1. The fourth-order valence-corrected chi connectivity index (χ4v) is 3.10. The zero-order chi connectivity index (χ0) is 16.8. The number of likely N-dealkylation sites (tertiary alicyclic amines) is 1. The Kier molecular flexibility index (Phi) is 6.17. The number of hydrogen-bond acceptors (Lipinski definition) is 7. The predicted octanol–water partition coefficient (Wildman–Crippen LogP) is 0.608. The minimum atomic E-state index is 0.153. The van der Waals surface area contributed by atoms with Crippen LogP contribution in [-0.2, 0) is 20.9 Å². The van der Waals surface area contributed by atoms with Crippen molar-refractivity contribution in [3.05, 3.63) is 11.7 Å². The van der Waals surface area contributed by atoms with Gasteiger partial charge >= 0.3 is 0 Å². The monoisotopic (exact) mass is 338 g/mol. The molecule has 0 radical (unpaired) electrons. The van der Waals surface area contributed by atoms with Gasteiger partial charge in [0, 0.05) is 39.1 Å². The number of aromatic nitrogens is 2. The lowest BCUT2D eigenvalue weighted by atomic mass is 10.1. The first-order chi connectivity index (χ1) is 11.7. The fraction of sp³-hybridized carbons (Fsp3) is 0.812. The van der Waals surface area contributed by atoms with Crippen LogP contribution in [0.2, 0.25) is 0 Å². The van der Waals surface area contributed by atoms with Crippen LogP contribution in [0.25, 0.3) is 0 Å². The van der Waals surface area contributed by atoms with Crippen molar-refractivity contribution in [2.75, 3.05) is 45.9 Å². The smallest absolute Gasteiger partial charge is 0.252 e. The fourth-order valence-electron chi connectivity index (χ4n) is 3.10. The summed E-state index contributed by atoms with van der Waals surface area (Å²) < 4.78 is 16.2. The maximum Gasteiger partial charge on any atom is 0.252 e. The first-order valence-corrected chi connectivity index (χ1v) is 8.69. The Labute approximate surface area is 142 Å². The van der Waals surface area contributed by atoms with Crippen molar-refractivity contribution in [2.45, 2.75) is 38.9 Å². The van der Waals surface area contributed by atoms with Gasteiger partial charge in [0.25, 0.3) is 5.89 Å². The van der Waals surface area contributed by atoms with E-state index in [0.717, 1.165) is 58.8 Å². The number of piperidine rings is 1. The Hall–Kier alpha value is -1.51. The third-order valence-electron chi connectivity index (χ3n) is 4.55. The molecule has 134 valence electrons. The molecule has 0 unspecified atom stereocenters. The molecule has 0 spiro atoms. The molecular weight excluding hydrogens is 312 g/mol. The Morgan fingerprint density at radius 3 is 2.67 bits per heavy atom. The van der Waals surface area contributed by atoms with E-state index in [4.69, 9.17) is 14.0 Å². The quantitative estimate of drug-likeness (QED) is 0.751. The number of aryl methyl sites for hydroxylation is 1. The lowest BCUT2D eigenvalue weighted by Crippen LogP contribution is -2.43. The Bertz CT molecular complexity index is 522. The van der Waals surface area contributed by atoms with Crippen LogP contribution in [0.5, 0.6) is 0 Å². The van der Waals surface area contributed by atoms with E-state index in [9.17, 15) is 4.79 Å². The molecule has 24 heavy (non-hydrogen) atoms. The Morgan fingerprint density at radius 1 is 1.25 bits per heavy atom. The van der Waals surface area contributed by atoms with Crippen molar-refractivity contribution in [1.29, 1.82) is 0 Å². The number of ether oxygens (including phenoxy) is 2. The third-order valence-corrected chi connectivity index (χ3v) is 4.55. The summed E-state index contributed by atoms with van der Waals surface area (Å²) >= 11 is 0. The third kappa shape index (κ3) is 4.99. The zero-order valence-corrected chi connectivity index (χ0v) is 14.3. The molecule has 1 aromatic heterocycles. The summed E-state index contributed by atoms with van der Waals surface area (Å²) in [5, 5.41) is 3.74. The molecule has 0 bridgehead atoms. The molecule has 2 fully saturated rings. The van der Waals surface area contributed by atoms with Crippen molar-refractivity contribution < 1.29 is 18.8 Å². The van der Waals surface area contributed by atoms with Crippen LogP contribution in [0.3, 0.4) is 0 Å². The van der Waals surface area contributed by atoms with E-state index in [2.05, 4.69) is 15.0 Å². The average molecular weight is 338 g/mol. The number of morpholine rings is 1. The molecular formula is C16H26N4O4. The number of nitrogens with zero attached hydrogens (tertiary/aromatic N) is 4. The highest BCUT2D eigenvalue weighted by atomic mass is 16.5. The highest BCUT2D eigenvalue weighted by molar-refractivity contribution is 5.76. The number of hydrogen-bond donors (Lipinski definition) is 0. The van der Waals surface area contributed by atoms with Crippen LogP contribution in [0, 0.1) is 6.92 Å². The Morgan fingerprint density at radius 2 is 2.00 bits per heavy atom. The summed E-state index contributed by atoms with van der Waals surface area (Å²) in [6.45, 7) is 7.88. The number of carbonyl (C=O) groups is 1. The molecule has 0 saturated carbocycles. The van der Waals surface area contributed by atoms with E-state index in [0.29, 0.717) is 24.7 Å². The second-order valence-corrected chi connectivity index (χ2v) is 6.33. The Balaban J connectivity index is 1.32. The van der Waals surface area contributed by atoms with Gasteiger partial charge in [0.1, 0.15) is 6.61 Å². The molecule has 3 heterocycles. The average Bonchev–Trinajstić information content (AvgIpc) is 3.04. The van der Waals surface area contributed by atoms with Crippen molar-refractivity contribution in [2.24, 2.45) is 0 Å². The molecule has 2 aliphatic heterocycles. The van der Waals surface area contributed by atoms with Crippen molar-refractivity contribution in [3.63, 3.8) is 0 Å². The highest BCUT2D eigenvalue weighted by Crippen LogP contribution is 2.16. The van der Waals surface area contributed by atoms with Gasteiger partial charge in [-0.1, -0.05) is 5.16 Å². The van der Waals surface area contributed by atoms with Gasteiger partial charge in [-0.05, 0) is 19.8 Å². The standard InChI is InChI=1S/C16H26N4O4/c1-13-17-15(24-18-13)12-23-14-2-6-20(7-3-14)16(21)4-5-19-8-10-22-11-9-19/h14H,2-12H2,1H3. The maximum absolute atomic E-state index is 12.3. The maximum atomic E-state index is 12.3. The number of amides is 1. The molecule has 2 aliphatic rings. The van der Waals surface area contributed by atoms with E-state index in [1.54, 1.807) is 6.92 Å². The number of rotatable bonds is 6. The van der Waals surface area contributed by atoms with Gasteiger partial charge in [0.2, 0.25) is 5.91 Å². The largest absolute Gasteiger partial charge is 0.379 e. The zero-order valence-electron chi connectivity index (χ0n) is 14.3. The van der Waals surface area contributed by atoms with Gasteiger partial charge in [0.15, 0.2) is 5.82 Å². The van der Waals surface area contributed by atoms with E-state index in [-0.39, 0.29) is 12.0 Å². The van der Waals surface area contributed by atoms with Gasteiger partial charge in [-0.2, -0.15) is 4.98 Å². The molecule has 8 nitrogen and oxygen atoms in total. The summed E-state index contributed by atoms with van der Waals surface area (Å²) in [7, 11) is 0. The van der Waals surface area contributed by atoms with Crippen LogP contribution in [0.4, 0.5) is 0 Å². The highest BCUT2D eigenvalue weighted by Gasteiger charge is 2.24. The first-order valence-electron chi connectivity index (χ1n) is 8.69. The van der Waals surface area contributed by atoms with Crippen molar-refractivity contribution >= 4 is 5.91 Å². The number of carbonyl (C=O) groups excluding carboxylic acids is 1. The molecule has 8 heteroatoms. The predicted molar refractivity (Wildman–Crippen MR) is 85.3 cm³/mol. The van der Waals surface area contributed by atoms with Gasteiger partial charge in [-0.25, -0.2) is 0 Å². The van der Waals surface area contributed by atoms with E-state index in [1.165, 1.54) is 0 Å². The second kappa shape index (κ2) is 8.55. The normalized spacial score (nSPS) is 20.5. The lowest BCUT2D eigenvalue weighted by Gasteiger charge is -2.33.